The summed E-state index contributed by atoms with van der Waals surface area (Å²) in [5, 5.41) is 0. The molecule has 3 aromatic rings. The van der Waals surface area contributed by atoms with Crippen molar-refractivity contribution in [3.8, 4) is 0 Å². The molecule has 0 aliphatic heterocycles. The van der Waals surface area contributed by atoms with Gasteiger partial charge in [-0.15, -0.1) is 0 Å². The maximum atomic E-state index is 3.70. The highest BCUT2D eigenvalue weighted by Gasteiger charge is 2.04. The van der Waals surface area contributed by atoms with Crippen molar-refractivity contribution in [2.24, 2.45) is 0 Å². The summed E-state index contributed by atoms with van der Waals surface area (Å²) in [7, 11) is 0. The van der Waals surface area contributed by atoms with Gasteiger partial charge in [0.2, 0.25) is 0 Å². The summed E-state index contributed by atoms with van der Waals surface area (Å²) >= 11 is 11.0. The molecule has 0 saturated heterocycles. The van der Waals surface area contributed by atoms with Crippen molar-refractivity contribution in [3.63, 3.8) is 0 Å². The third-order valence-electron chi connectivity index (χ3n) is 4.09. The average Bonchev–Trinajstić information content (AvgIpc) is 2.63. The summed E-state index contributed by atoms with van der Waals surface area (Å²) in [6, 6.07) is 20.8. The van der Waals surface area contributed by atoms with Crippen LogP contribution >= 0.6 is 47.8 Å². The molecule has 0 radical (unpaired) electrons. The molecule has 0 N–H and O–H groups in total. The minimum Gasteiger partial charge on any atom is -0.0620 e. The predicted octanol–water partition coefficient (Wildman–Crippen LogP) is 8.62. The fraction of sp³-hybridized carbons (Fsp3) is 0.0435. The van der Waals surface area contributed by atoms with Crippen LogP contribution in [0.1, 0.15) is 27.8 Å². The van der Waals surface area contributed by atoms with Gasteiger partial charge in [0.05, 0.1) is 0 Å². The van der Waals surface area contributed by atoms with Crippen LogP contribution in [0.5, 0.6) is 0 Å². The van der Waals surface area contributed by atoms with Gasteiger partial charge in [-0.3, -0.25) is 0 Å². The highest BCUT2D eigenvalue weighted by molar-refractivity contribution is 9.11. The first-order valence-corrected chi connectivity index (χ1v) is 10.6. The van der Waals surface area contributed by atoms with Crippen LogP contribution in [0.4, 0.5) is 0 Å². The Morgan fingerprint density at radius 2 is 1.00 bits per heavy atom. The second kappa shape index (κ2) is 8.98. The van der Waals surface area contributed by atoms with Crippen LogP contribution in [0.25, 0.3) is 24.3 Å². The Balaban J connectivity index is 1.87. The lowest BCUT2D eigenvalue weighted by atomic mass is 10.1. The van der Waals surface area contributed by atoms with Crippen LogP contribution in [0.15, 0.2) is 74.1 Å². The molecule has 0 atom stereocenters. The zero-order chi connectivity index (χ0) is 18.5. The standard InChI is InChI=1S/C23H17Br3/c1-16-6-2-3-7-17(16)10-12-19-14-23(26)20(15-22(19)25)13-11-18-8-4-5-9-21(18)24/h2-15H,1H3. The maximum absolute atomic E-state index is 3.70. The molecule has 3 heteroatoms. The molecule has 3 aromatic carbocycles. The number of hydrogen-bond donors (Lipinski definition) is 0. The van der Waals surface area contributed by atoms with E-state index in [2.05, 4.69) is 121 Å². The molecule has 0 bridgehead atoms. The Kier molecular flexibility index (Phi) is 6.68. The maximum Gasteiger partial charge on any atom is 0.0254 e. The van der Waals surface area contributed by atoms with E-state index >= 15 is 0 Å². The smallest absolute Gasteiger partial charge is 0.0254 e. The van der Waals surface area contributed by atoms with Gasteiger partial charge in [-0.1, -0.05) is 115 Å². The third kappa shape index (κ3) is 4.85. The Bertz CT molecular complexity index is 903. The van der Waals surface area contributed by atoms with E-state index in [1.54, 1.807) is 0 Å². The molecule has 130 valence electrons. The molecular formula is C23H17Br3. The van der Waals surface area contributed by atoms with Crippen molar-refractivity contribution in [2.45, 2.75) is 6.92 Å². The van der Waals surface area contributed by atoms with Crippen molar-refractivity contribution in [1.29, 1.82) is 0 Å². The van der Waals surface area contributed by atoms with E-state index < -0.39 is 0 Å². The van der Waals surface area contributed by atoms with Crippen molar-refractivity contribution in [2.75, 3.05) is 0 Å². The molecule has 0 nitrogen and oxygen atoms in total. The first-order valence-electron chi connectivity index (χ1n) is 8.20. The van der Waals surface area contributed by atoms with E-state index in [9.17, 15) is 0 Å². The number of rotatable bonds is 4. The quantitative estimate of drug-likeness (QED) is 0.295. The van der Waals surface area contributed by atoms with Crippen LogP contribution in [-0.2, 0) is 0 Å². The summed E-state index contributed by atoms with van der Waals surface area (Å²) in [4.78, 5) is 0. The zero-order valence-electron chi connectivity index (χ0n) is 14.2. The van der Waals surface area contributed by atoms with Gasteiger partial charge < -0.3 is 0 Å². The fourth-order valence-electron chi connectivity index (χ4n) is 2.58. The van der Waals surface area contributed by atoms with E-state index in [1.807, 2.05) is 18.2 Å². The Morgan fingerprint density at radius 3 is 1.58 bits per heavy atom. The molecule has 0 aliphatic rings. The van der Waals surface area contributed by atoms with Crippen molar-refractivity contribution in [1.82, 2.24) is 0 Å². The summed E-state index contributed by atoms with van der Waals surface area (Å²) in [5.41, 5.74) is 5.92. The van der Waals surface area contributed by atoms with E-state index in [-0.39, 0.29) is 0 Å². The average molecular weight is 533 g/mol. The second-order valence-electron chi connectivity index (χ2n) is 5.94. The number of aryl methyl sites for hydroxylation is 1. The van der Waals surface area contributed by atoms with Crippen molar-refractivity contribution in [3.05, 3.63) is 102 Å². The van der Waals surface area contributed by atoms with Gasteiger partial charge >= 0.3 is 0 Å². The number of halogens is 3. The topological polar surface area (TPSA) is 0 Å². The van der Waals surface area contributed by atoms with Gasteiger partial charge in [-0.2, -0.15) is 0 Å². The van der Waals surface area contributed by atoms with Gasteiger partial charge in [0.15, 0.2) is 0 Å². The minimum absolute atomic E-state index is 1.06. The lowest BCUT2D eigenvalue weighted by Crippen LogP contribution is -1.83. The summed E-state index contributed by atoms with van der Waals surface area (Å²) in [6.45, 7) is 2.13. The third-order valence-corrected chi connectivity index (χ3v) is 6.19. The summed E-state index contributed by atoms with van der Waals surface area (Å²) < 4.78 is 3.22. The van der Waals surface area contributed by atoms with Gasteiger partial charge in [-0.05, 0) is 52.9 Å². The largest absolute Gasteiger partial charge is 0.0620 e. The van der Waals surface area contributed by atoms with Crippen LogP contribution in [0.3, 0.4) is 0 Å². The van der Waals surface area contributed by atoms with Gasteiger partial charge in [-0.25, -0.2) is 0 Å². The highest BCUT2D eigenvalue weighted by Crippen LogP contribution is 2.29. The molecule has 0 fully saturated rings. The zero-order valence-corrected chi connectivity index (χ0v) is 19.0. The number of hydrogen-bond acceptors (Lipinski definition) is 0. The van der Waals surface area contributed by atoms with Crippen LogP contribution in [0.2, 0.25) is 0 Å². The molecular weight excluding hydrogens is 516 g/mol. The predicted molar refractivity (Wildman–Crippen MR) is 125 cm³/mol. The molecule has 26 heavy (non-hydrogen) atoms. The molecule has 0 spiro atoms. The van der Waals surface area contributed by atoms with E-state index in [0.29, 0.717) is 0 Å². The van der Waals surface area contributed by atoms with Crippen LogP contribution in [-0.4, -0.2) is 0 Å². The molecule has 0 amide bonds. The first-order chi connectivity index (χ1) is 12.5. The highest BCUT2D eigenvalue weighted by atomic mass is 79.9. The molecule has 3 rings (SSSR count). The molecule has 0 saturated carbocycles. The Morgan fingerprint density at radius 1 is 0.538 bits per heavy atom. The Labute approximate surface area is 180 Å². The second-order valence-corrected chi connectivity index (χ2v) is 8.50. The Hall–Kier alpha value is -1.42. The monoisotopic (exact) mass is 530 g/mol. The molecule has 0 heterocycles. The SMILES string of the molecule is Cc1ccccc1C=Cc1cc(Br)c(C=Cc2ccccc2Br)cc1Br. The lowest BCUT2D eigenvalue weighted by molar-refractivity contribution is 1.44. The fourth-order valence-corrected chi connectivity index (χ4v) is 3.98. The van der Waals surface area contributed by atoms with Crippen molar-refractivity contribution < 1.29 is 0 Å². The molecule has 0 aromatic heterocycles. The molecule has 0 unspecified atom stereocenters. The van der Waals surface area contributed by atoms with Gasteiger partial charge in [0.1, 0.15) is 0 Å². The lowest BCUT2D eigenvalue weighted by Gasteiger charge is -2.06. The van der Waals surface area contributed by atoms with Gasteiger partial charge in [0, 0.05) is 13.4 Å². The summed E-state index contributed by atoms with van der Waals surface area (Å²) in [5.74, 6) is 0. The van der Waals surface area contributed by atoms with Crippen LogP contribution in [0, 0.1) is 6.92 Å². The van der Waals surface area contributed by atoms with E-state index in [4.69, 9.17) is 0 Å². The summed E-state index contributed by atoms with van der Waals surface area (Å²) in [6.07, 6.45) is 8.51. The van der Waals surface area contributed by atoms with Crippen molar-refractivity contribution >= 4 is 72.1 Å². The van der Waals surface area contributed by atoms with E-state index in [0.717, 1.165) is 30.1 Å². The number of benzene rings is 3. The first kappa shape index (κ1) is 19.3. The van der Waals surface area contributed by atoms with Gasteiger partial charge in [0.25, 0.3) is 0 Å². The van der Waals surface area contributed by atoms with Crippen LogP contribution < -0.4 is 0 Å². The minimum atomic E-state index is 1.06. The molecule has 0 aliphatic carbocycles. The van der Waals surface area contributed by atoms with E-state index in [1.165, 1.54) is 11.1 Å². The normalized spacial score (nSPS) is 11.5.